The lowest BCUT2D eigenvalue weighted by molar-refractivity contribution is 0.413. The van der Waals surface area contributed by atoms with Crippen molar-refractivity contribution in [3.8, 4) is 11.8 Å². The van der Waals surface area contributed by atoms with Gasteiger partial charge in [0, 0.05) is 24.3 Å². The minimum atomic E-state index is 0.200. The van der Waals surface area contributed by atoms with Gasteiger partial charge in [-0.05, 0) is 24.6 Å². The molecule has 0 saturated carbocycles. The van der Waals surface area contributed by atoms with E-state index in [0.29, 0.717) is 17.9 Å². The Balaban J connectivity index is 2.02. The largest absolute Gasteiger partial charge is 0.495 e. The van der Waals surface area contributed by atoms with Crippen molar-refractivity contribution in [3.63, 3.8) is 0 Å². The predicted octanol–water partition coefficient (Wildman–Crippen LogP) is 2.14. The second-order valence-corrected chi connectivity index (χ2v) is 4.28. The van der Waals surface area contributed by atoms with Crippen LogP contribution in [0.5, 0.6) is 5.75 Å². The van der Waals surface area contributed by atoms with Gasteiger partial charge < -0.3 is 10.1 Å². The molecule has 2 aromatic rings. The van der Waals surface area contributed by atoms with Gasteiger partial charge in [0.05, 0.1) is 18.9 Å². The molecule has 0 aliphatic rings. The Labute approximate surface area is 112 Å². The van der Waals surface area contributed by atoms with Crippen LogP contribution < -0.4 is 10.1 Å². The molecule has 0 aliphatic carbocycles. The third-order valence-corrected chi connectivity index (χ3v) is 3.02. The van der Waals surface area contributed by atoms with Crippen LogP contribution in [-0.4, -0.2) is 17.3 Å². The lowest BCUT2D eigenvalue weighted by Gasteiger charge is -2.12. The third-order valence-electron chi connectivity index (χ3n) is 3.02. The Morgan fingerprint density at radius 3 is 3.00 bits per heavy atom. The van der Waals surface area contributed by atoms with Gasteiger partial charge in [0.1, 0.15) is 11.8 Å². The summed E-state index contributed by atoms with van der Waals surface area (Å²) in [7, 11) is 1.56. The highest BCUT2D eigenvalue weighted by atomic mass is 16.5. The highest BCUT2D eigenvalue weighted by Gasteiger charge is 2.07. The van der Waals surface area contributed by atoms with E-state index in [4.69, 9.17) is 10.00 Å². The summed E-state index contributed by atoms with van der Waals surface area (Å²) < 4.78 is 5.12. The van der Waals surface area contributed by atoms with Crippen LogP contribution in [0.2, 0.25) is 0 Å². The molecule has 2 rings (SSSR count). The monoisotopic (exact) mass is 256 g/mol. The molecule has 0 aliphatic heterocycles. The molecule has 1 aromatic carbocycles. The summed E-state index contributed by atoms with van der Waals surface area (Å²) in [5.41, 5.74) is 2.71. The van der Waals surface area contributed by atoms with E-state index < -0.39 is 0 Å². The first-order valence-corrected chi connectivity index (χ1v) is 6.03. The molecule has 1 aromatic heterocycles. The molecule has 19 heavy (non-hydrogen) atoms. The second-order valence-electron chi connectivity index (χ2n) is 4.28. The molecule has 0 saturated heterocycles. The van der Waals surface area contributed by atoms with Crippen LogP contribution in [0.1, 0.15) is 29.7 Å². The van der Waals surface area contributed by atoms with Crippen molar-refractivity contribution < 1.29 is 4.74 Å². The number of methoxy groups -OCH3 is 1. The number of hydrogen-bond acceptors (Lipinski definition) is 4. The highest BCUT2D eigenvalue weighted by Crippen LogP contribution is 2.19. The molecule has 0 radical (unpaired) electrons. The topological polar surface area (TPSA) is 73.7 Å². The minimum Gasteiger partial charge on any atom is -0.495 e. The molecule has 0 amide bonds. The van der Waals surface area contributed by atoms with E-state index in [9.17, 15) is 0 Å². The number of hydrogen-bond donors (Lipinski definition) is 2. The Morgan fingerprint density at radius 1 is 1.53 bits per heavy atom. The van der Waals surface area contributed by atoms with Gasteiger partial charge in [0.2, 0.25) is 0 Å². The van der Waals surface area contributed by atoms with Crippen LogP contribution in [0.4, 0.5) is 0 Å². The molecule has 1 unspecified atom stereocenters. The maximum absolute atomic E-state index is 9.04. The van der Waals surface area contributed by atoms with Crippen molar-refractivity contribution in [2.45, 2.75) is 19.5 Å². The van der Waals surface area contributed by atoms with E-state index >= 15 is 0 Å². The number of aromatic nitrogens is 2. The van der Waals surface area contributed by atoms with E-state index in [2.05, 4.69) is 28.5 Å². The van der Waals surface area contributed by atoms with Gasteiger partial charge in [-0.1, -0.05) is 6.07 Å². The number of ether oxygens (including phenoxy) is 1. The van der Waals surface area contributed by atoms with E-state index in [0.717, 1.165) is 11.1 Å². The SMILES string of the molecule is COc1ccc(CNC(C)c2cn[nH]c2)cc1C#N. The van der Waals surface area contributed by atoms with Gasteiger partial charge >= 0.3 is 0 Å². The van der Waals surface area contributed by atoms with Gasteiger partial charge in [0.15, 0.2) is 0 Å². The summed E-state index contributed by atoms with van der Waals surface area (Å²) in [4.78, 5) is 0. The van der Waals surface area contributed by atoms with E-state index in [-0.39, 0.29) is 6.04 Å². The molecular formula is C14H16N4O. The van der Waals surface area contributed by atoms with Crippen LogP contribution in [0.25, 0.3) is 0 Å². The normalized spacial score (nSPS) is 11.8. The number of rotatable bonds is 5. The lowest BCUT2D eigenvalue weighted by Crippen LogP contribution is -2.17. The zero-order valence-corrected chi connectivity index (χ0v) is 11.0. The smallest absolute Gasteiger partial charge is 0.136 e. The number of aromatic amines is 1. The first-order chi connectivity index (χ1) is 9.24. The molecule has 5 nitrogen and oxygen atoms in total. The van der Waals surface area contributed by atoms with Crippen LogP contribution in [0, 0.1) is 11.3 Å². The van der Waals surface area contributed by atoms with E-state index in [1.165, 1.54) is 0 Å². The maximum atomic E-state index is 9.04. The Morgan fingerprint density at radius 2 is 2.37 bits per heavy atom. The van der Waals surface area contributed by atoms with E-state index in [1.807, 2.05) is 24.4 Å². The average molecular weight is 256 g/mol. The summed E-state index contributed by atoms with van der Waals surface area (Å²) in [5.74, 6) is 0.606. The molecule has 1 atom stereocenters. The summed E-state index contributed by atoms with van der Waals surface area (Å²) >= 11 is 0. The van der Waals surface area contributed by atoms with E-state index in [1.54, 1.807) is 13.3 Å². The Hall–Kier alpha value is -2.32. The van der Waals surface area contributed by atoms with Crippen LogP contribution in [0.15, 0.2) is 30.6 Å². The van der Waals surface area contributed by atoms with Crippen molar-refractivity contribution in [1.29, 1.82) is 5.26 Å². The number of nitrogens with zero attached hydrogens (tertiary/aromatic N) is 2. The first-order valence-electron chi connectivity index (χ1n) is 6.03. The summed E-state index contributed by atoms with van der Waals surface area (Å²) in [6.07, 6.45) is 3.67. The molecule has 98 valence electrons. The molecular weight excluding hydrogens is 240 g/mol. The third kappa shape index (κ3) is 3.12. The van der Waals surface area contributed by atoms with Crippen molar-refractivity contribution in [2.24, 2.45) is 0 Å². The fourth-order valence-corrected chi connectivity index (χ4v) is 1.84. The van der Waals surface area contributed by atoms with Crippen molar-refractivity contribution in [3.05, 3.63) is 47.3 Å². The standard InChI is InChI=1S/C14H16N4O/c1-10(13-8-17-18-9-13)16-7-11-3-4-14(19-2)12(5-11)6-15/h3-5,8-10,16H,7H2,1-2H3,(H,17,18). The van der Waals surface area contributed by atoms with Gasteiger partial charge in [-0.15, -0.1) is 0 Å². The van der Waals surface area contributed by atoms with Crippen molar-refractivity contribution >= 4 is 0 Å². The van der Waals surface area contributed by atoms with Gasteiger partial charge in [-0.3, -0.25) is 5.10 Å². The second kappa shape index (κ2) is 6.03. The zero-order chi connectivity index (χ0) is 13.7. The fourth-order valence-electron chi connectivity index (χ4n) is 1.84. The van der Waals surface area contributed by atoms with Crippen LogP contribution in [-0.2, 0) is 6.54 Å². The highest BCUT2D eigenvalue weighted by molar-refractivity contribution is 5.45. The molecule has 0 bridgehead atoms. The van der Waals surface area contributed by atoms with Crippen molar-refractivity contribution in [1.82, 2.24) is 15.5 Å². The minimum absolute atomic E-state index is 0.200. The molecule has 0 spiro atoms. The predicted molar refractivity (Wildman–Crippen MR) is 71.6 cm³/mol. The maximum Gasteiger partial charge on any atom is 0.136 e. The number of nitrogens with one attached hydrogen (secondary N) is 2. The van der Waals surface area contributed by atoms with Gasteiger partial charge in [-0.25, -0.2) is 0 Å². The molecule has 0 fully saturated rings. The van der Waals surface area contributed by atoms with Crippen molar-refractivity contribution in [2.75, 3.05) is 7.11 Å². The van der Waals surface area contributed by atoms with Gasteiger partial charge in [-0.2, -0.15) is 10.4 Å². The number of benzene rings is 1. The number of nitriles is 1. The summed E-state index contributed by atoms with van der Waals surface area (Å²) in [6.45, 7) is 2.75. The zero-order valence-electron chi connectivity index (χ0n) is 11.0. The summed E-state index contributed by atoms with van der Waals surface area (Å²) in [6, 6.07) is 7.95. The Kier molecular flexibility index (Phi) is 4.16. The lowest BCUT2D eigenvalue weighted by atomic mass is 10.1. The first kappa shape index (κ1) is 13.1. The molecule has 5 heteroatoms. The Bertz CT molecular complexity index is 572. The van der Waals surface area contributed by atoms with Crippen LogP contribution in [0.3, 0.4) is 0 Å². The fraction of sp³-hybridized carbons (Fsp3) is 0.286. The van der Waals surface area contributed by atoms with Gasteiger partial charge in [0.25, 0.3) is 0 Å². The number of H-pyrrole nitrogens is 1. The molecule has 2 N–H and O–H groups in total. The molecule has 1 heterocycles. The van der Waals surface area contributed by atoms with Crippen LogP contribution >= 0.6 is 0 Å². The summed E-state index contributed by atoms with van der Waals surface area (Å²) in [5, 5.41) is 19.1. The quantitative estimate of drug-likeness (QED) is 0.859. The average Bonchev–Trinajstić information content (AvgIpc) is 2.98.